The van der Waals surface area contributed by atoms with Gasteiger partial charge in [0.15, 0.2) is 0 Å². The smallest absolute Gasteiger partial charge is 0.256 e. The number of nitrogens with one attached hydrogen (secondary N) is 1. The first-order valence-corrected chi connectivity index (χ1v) is 11.3. The number of hydrogen-bond donors (Lipinski definition) is 1. The molecule has 0 spiro atoms. The third-order valence-electron chi connectivity index (χ3n) is 6.18. The van der Waals surface area contributed by atoms with Crippen LogP contribution in [-0.2, 0) is 0 Å². The number of amides is 1. The molecule has 166 valence electrons. The van der Waals surface area contributed by atoms with Crippen molar-refractivity contribution in [3.63, 3.8) is 0 Å². The van der Waals surface area contributed by atoms with E-state index in [1.807, 2.05) is 36.4 Å². The third kappa shape index (κ3) is 4.26. The fourth-order valence-electron chi connectivity index (χ4n) is 4.45. The van der Waals surface area contributed by atoms with Crippen LogP contribution in [0.25, 0.3) is 22.4 Å². The van der Waals surface area contributed by atoms with Gasteiger partial charge >= 0.3 is 0 Å². The van der Waals surface area contributed by atoms with E-state index in [0.29, 0.717) is 18.1 Å². The second-order valence-corrected chi connectivity index (χ2v) is 8.59. The summed E-state index contributed by atoms with van der Waals surface area (Å²) in [5.74, 6) is -0.537. The highest BCUT2D eigenvalue weighted by molar-refractivity contribution is 6.30. The molecule has 0 atom stereocenters. The molecule has 0 aliphatic carbocycles. The molecule has 1 fully saturated rings. The van der Waals surface area contributed by atoms with Crippen molar-refractivity contribution in [1.82, 2.24) is 20.1 Å². The summed E-state index contributed by atoms with van der Waals surface area (Å²) in [5.41, 5.74) is 5.07. The molecule has 1 aliphatic rings. The standard InChI is InChI=1S/C26H22ClFN4O/c27-20-7-5-18(6-8-20)24-23(17-9-13-29-14-10-17)25(31-30-24)19-11-15-32(16-12-19)26(33)21-3-1-2-4-22(21)28/h1-10,13-14,19H,11-12,15-16H2,(H,30,31). The molecule has 3 heterocycles. The summed E-state index contributed by atoms with van der Waals surface area (Å²) in [7, 11) is 0. The van der Waals surface area contributed by atoms with Crippen LogP contribution < -0.4 is 0 Å². The Labute approximate surface area is 196 Å². The Morgan fingerprint density at radius 3 is 2.36 bits per heavy atom. The number of carbonyl (C=O) groups is 1. The van der Waals surface area contributed by atoms with Crippen LogP contribution in [0.15, 0.2) is 73.1 Å². The molecule has 0 bridgehead atoms. The zero-order valence-corrected chi connectivity index (χ0v) is 18.6. The molecule has 1 amide bonds. The van der Waals surface area contributed by atoms with Crippen LogP contribution in [0, 0.1) is 5.82 Å². The van der Waals surface area contributed by atoms with E-state index in [2.05, 4.69) is 15.2 Å². The van der Waals surface area contributed by atoms with Crippen LogP contribution in [0.4, 0.5) is 4.39 Å². The molecular weight excluding hydrogens is 439 g/mol. The van der Waals surface area contributed by atoms with Crippen LogP contribution >= 0.6 is 11.6 Å². The van der Waals surface area contributed by atoms with Gasteiger partial charge in [-0.25, -0.2) is 4.39 Å². The number of likely N-dealkylation sites (tertiary alicyclic amines) is 1. The van der Waals surface area contributed by atoms with Crippen molar-refractivity contribution in [2.45, 2.75) is 18.8 Å². The van der Waals surface area contributed by atoms with Crippen molar-refractivity contribution in [2.24, 2.45) is 0 Å². The molecule has 2 aromatic carbocycles. The molecule has 7 heteroatoms. The number of aromatic amines is 1. The van der Waals surface area contributed by atoms with E-state index in [4.69, 9.17) is 11.6 Å². The normalized spacial score (nSPS) is 14.4. The Bertz CT molecular complexity index is 1270. The predicted molar refractivity (Wildman–Crippen MR) is 127 cm³/mol. The summed E-state index contributed by atoms with van der Waals surface area (Å²) in [5, 5.41) is 8.61. The average Bonchev–Trinajstić information content (AvgIpc) is 3.30. The van der Waals surface area contributed by atoms with E-state index in [-0.39, 0.29) is 17.4 Å². The minimum Gasteiger partial charge on any atom is -0.339 e. The Morgan fingerprint density at radius 1 is 0.970 bits per heavy atom. The molecule has 0 unspecified atom stereocenters. The fraction of sp³-hybridized carbons (Fsp3) is 0.192. The molecule has 5 nitrogen and oxygen atoms in total. The maximum Gasteiger partial charge on any atom is 0.256 e. The zero-order chi connectivity index (χ0) is 22.8. The summed E-state index contributed by atoms with van der Waals surface area (Å²) < 4.78 is 14.1. The molecule has 33 heavy (non-hydrogen) atoms. The number of pyridine rings is 1. The van der Waals surface area contributed by atoms with Gasteiger partial charge in [0, 0.05) is 53.2 Å². The Hall–Kier alpha value is -3.51. The van der Waals surface area contributed by atoms with Crippen molar-refractivity contribution in [1.29, 1.82) is 0 Å². The van der Waals surface area contributed by atoms with Gasteiger partial charge < -0.3 is 4.90 Å². The number of rotatable bonds is 4. The second kappa shape index (κ2) is 9.16. The maximum absolute atomic E-state index is 14.1. The second-order valence-electron chi connectivity index (χ2n) is 8.15. The lowest BCUT2D eigenvalue weighted by atomic mass is 9.87. The van der Waals surface area contributed by atoms with Gasteiger partial charge in [-0.05, 0) is 54.8 Å². The quantitative estimate of drug-likeness (QED) is 0.409. The van der Waals surface area contributed by atoms with Crippen LogP contribution in [0.3, 0.4) is 0 Å². The van der Waals surface area contributed by atoms with Gasteiger partial charge in [0.2, 0.25) is 0 Å². The van der Waals surface area contributed by atoms with Gasteiger partial charge in [-0.3, -0.25) is 14.9 Å². The molecule has 2 aromatic heterocycles. The number of aromatic nitrogens is 3. The largest absolute Gasteiger partial charge is 0.339 e. The Kier molecular flexibility index (Phi) is 5.92. The van der Waals surface area contributed by atoms with E-state index in [0.717, 1.165) is 40.9 Å². The van der Waals surface area contributed by atoms with E-state index in [1.54, 1.807) is 35.5 Å². The van der Waals surface area contributed by atoms with E-state index >= 15 is 0 Å². The summed E-state index contributed by atoms with van der Waals surface area (Å²) in [6.45, 7) is 1.12. The Morgan fingerprint density at radius 2 is 1.67 bits per heavy atom. The van der Waals surface area contributed by atoms with E-state index < -0.39 is 5.82 Å². The average molecular weight is 461 g/mol. The summed E-state index contributed by atoms with van der Waals surface area (Å²) in [6.07, 6.45) is 5.07. The molecule has 4 aromatic rings. The van der Waals surface area contributed by atoms with Gasteiger partial charge in [0.05, 0.1) is 5.56 Å². The SMILES string of the molecule is O=C(c1ccccc1F)N1CCC(c2[nH]nc(-c3ccc(Cl)cc3)c2-c2ccncc2)CC1. The van der Waals surface area contributed by atoms with Crippen molar-refractivity contribution in [2.75, 3.05) is 13.1 Å². The van der Waals surface area contributed by atoms with Crippen molar-refractivity contribution >= 4 is 17.5 Å². The monoisotopic (exact) mass is 460 g/mol. The van der Waals surface area contributed by atoms with Crippen molar-refractivity contribution < 1.29 is 9.18 Å². The van der Waals surface area contributed by atoms with Crippen molar-refractivity contribution in [3.05, 3.63) is 95.2 Å². The minimum absolute atomic E-state index is 0.125. The van der Waals surface area contributed by atoms with Crippen molar-refractivity contribution in [3.8, 4) is 22.4 Å². The molecule has 5 rings (SSSR count). The molecule has 1 N–H and O–H groups in total. The first-order valence-electron chi connectivity index (χ1n) is 10.9. The first-order chi connectivity index (χ1) is 16.1. The van der Waals surface area contributed by atoms with E-state index in [1.165, 1.54) is 6.07 Å². The number of nitrogens with zero attached hydrogens (tertiary/aromatic N) is 3. The molecule has 0 saturated carbocycles. The molecule has 1 aliphatic heterocycles. The maximum atomic E-state index is 14.1. The highest BCUT2D eigenvalue weighted by atomic mass is 35.5. The summed E-state index contributed by atoms with van der Waals surface area (Å²) >= 11 is 6.08. The van der Waals surface area contributed by atoms with Crippen LogP contribution in [0.2, 0.25) is 5.02 Å². The predicted octanol–water partition coefficient (Wildman–Crippen LogP) is 5.95. The highest BCUT2D eigenvalue weighted by Gasteiger charge is 2.29. The molecule has 0 radical (unpaired) electrons. The third-order valence-corrected chi connectivity index (χ3v) is 6.43. The van der Waals surface area contributed by atoms with E-state index in [9.17, 15) is 9.18 Å². The zero-order valence-electron chi connectivity index (χ0n) is 17.8. The lowest BCUT2D eigenvalue weighted by Gasteiger charge is -2.32. The molecular formula is C26H22ClFN4O. The number of H-pyrrole nitrogens is 1. The Balaban J connectivity index is 1.43. The number of benzene rings is 2. The summed E-state index contributed by atoms with van der Waals surface area (Å²) in [4.78, 5) is 18.7. The first kappa shape index (κ1) is 21.3. The highest BCUT2D eigenvalue weighted by Crippen LogP contribution is 2.40. The lowest BCUT2D eigenvalue weighted by Crippen LogP contribution is -2.38. The van der Waals surface area contributed by atoms with Gasteiger partial charge in [0.25, 0.3) is 5.91 Å². The van der Waals surface area contributed by atoms with Gasteiger partial charge in [-0.2, -0.15) is 5.10 Å². The van der Waals surface area contributed by atoms with Crippen LogP contribution in [0.5, 0.6) is 0 Å². The summed E-state index contributed by atoms with van der Waals surface area (Å²) in [6, 6.07) is 17.7. The number of hydrogen-bond acceptors (Lipinski definition) is 3. The minimum atomic E-state index is -0.481. The number of halogens is 2. The fourth-order valence-corrected chi connectivity index (χ4v) is 4.58. The van der Waals surface area contributed by atoms with Gasteiger partial charge in [-0.1, -0.05) is 35.9 Å². The number of carbonyl (C=O) groups excluding carboxylic acids is 1. The topological polar surface area (TPSA) is 61.9 Å². The van der Waals surface area contributed by atoms with Gasteiger partial charge in [0.1, 0.15) is 11.5 Å². The van der Waals surface area contributed by atoms with Crippen LogP contribution in [0.1, 0.15) is 34.8 Å². The number of piperidine rings is 1. The van der Waals surface area contributed by atoms with Gasteiger partial charge in [-0.15, -0.1) is 0 Å². The van der Waals surface area contributed by atoms with Crippen LogP contribution in [-0.4, -0.2) is 39.1 Å². The molecule has 1 saturated heterocycles. The lowest BCUT2D eigenvalue weighted by molar-refractivity contribution is 0.0707.